The lowest BCUT2D eigenvalue weighted by molar-refractivity contribution is -0.154. The summed E-state index contributed by atoms with van der Waals surface area (Å²) in [6.45, 7) is 0.390. The Morgan fingerprint density at radius 2 is 1.63 bits per heavy atom. The number of benzene rings is 2. The number of amides is 2. The number of nitrogens with one attached hydrogen (secondary N) is 2. The number of halogens is 2. The molecule has 0 radical (unpaired) electrons. The van der Waals surface area contributed by atoms with Gasteiger partial charge in [0.2, 0.25) is 5.91 Å². The van der Waals surface area contributed by atoms with Crippen LogP contribution in [0.2, 0.25) is 0 Å². The molecule has 30 heavy (non-hydrogen) atoms. The monoisotopic (exact) mass is 422 g/mol. The van der Waals surface area contributed by atoms with Gasteiger partial charge in [0.05, 0.1) is 13.7 Å². The van der Waals surface area contributed by atoms with E-state index in [0.717, 1.165) is 12.1 Å². The number of esters is 1. The van der Waals surface area contributed by atoms with Gasteiger partial charge in [0, 0.05) is 11.8 Å². The van der Waals surface area contributed by atoms with E-state index >= 15 is 0 Å². The summed E-state index contributed by atoms with van der Waals surface area (Å²) in [5, 5.41) is 4.52. The van der Waals surface area contributed by atoms with E-state index in [1.54, 1.807) is 24.3 Å². The predicted molar refractivity (Wildman–Crippen MR) is 102 cm³/mol. The molecule has 2 rings (SSSR count). The Kier molecular flexibility index (Phi) is 8.09. The zero-order valence-electron chi connectivity index (χ0n) is 16.2. The minimum atomic E-state index is -1.12. The first-order valence-corrected chi connectivity index (χ1v) is 8.77. The molecule has 0 spiro atoms. The molecule has 2 aromatic rings. The van der Waals surface area contributed by atoms with E-state index in [-0.39, 0.29) is 5.69 Å². The summed E-state index contributed by atoms with van der Waals surface area (Å²) in [6, 6.07) is 9.38. The van der Waals surface area contributed by atoms with Crippen LogP contribution in [0, 0.1) is 11.6 Å². The first-order valence-electron chi connectivity index (χ1n) is 8.77. The van der Waals surface area contributed by atoms with Gasteiger partial charge in [-0.15, -0.1) is 0 Å². The van der Waals surface area contributed by atoms with E-state index in [4.69, 9.17) is 14.2 Å². The van der Waals surface area contributed by atoms with E-state index in [1.807, 2.05) is 0 Å². The summed E-state index contributed by atoms with van der Waals surface area (Å²) in [5.74, 6) is -3.28. The van der Waals surface area contributed by atoms with E-state index in [0.29, 0.717) is 11.5 Å². The van der Waals surface area contributed by atoms with Gasteiger partial charge in [-0.1, -0.05) is 0 Å². The van der Waals surface area contributed by atoms with Gasteiger partial charge in [-0.2, -0.15) is 0 Å². The SMILES string of the molecule is COc1ccc(OC(C)C(=O)OCC(=O)NCC(=O)Nc2ccc(F)c(F)c2)cc1. The minimum absolute atomic E-state index is 0.0316. The van der Waals surface area contributed by atoms with Crippen LogP contribution in [0.25, 0.3) is 0 Å². The number of anilines is 1. The minimum Gasteiger partial charge on any atom is -0.497 e. The molecule has 0 bridgehead atoms. The molecule has 2 aromatic carbocycles. The molecule has 1 atom stereocenters. The van der Waals surface area contributed by atoms with Crippen molar-refractivity contribution in [3.63, 3.8) is 0 Å². The van der Waals surface area contributed by atoms with Crippen molar-refractivity contribution in [1.82, 2.24) is 5.32 Å². The fraction of sp³-hybridized carbons (Fsp3) is 0.250. The Morgan fingerprint density at radius 1 is 0.967 bits per heavy atom. The Labute approximate surface area is 171 Å². The van der Waals surface area contributed by atoms with Crippen LogP contribution in [0.4, 0.5) is 14.5 Å². The molecule has 1 unspecified atom stereocenters. The van der Waals surface area contributed by atoms with Crippen molar-refractivity contribution in [2.75, 3.05) is 25.6 Å². The van der Waals surface area contributed by atoms with E-state index in [1.165, 1.54) is 20.1 Å². The second-order valence-corrected chi connectivity index (χ2v) is 6.00. The van der Waals surface area contributed by atoms with Crippen LogP contribution in [0.5, 0.6) is 11.5 Å². The summed E-state index contributed by atoms with van der Waals surface area (Å²) in [7, 11) is 1.52. The fourth-order valence-corrected chi connectivity index (χ4v) is 2.17. The third-order valence-corrected chi connectivity index (χ3v) is 3.70. The maximum Gasteiger partial charge on any atom is 0.347 e. The van der Waals surface area contributed by atoms with Crippen molar-refractivity contribution in [3.05, 3.63) is 54.1 Å². The van der Waals surface area contributed by atoms with E-state index < -0.39 is 48.7 Å². The zero-order valence-corrected chi connectivity index (χ0v) is 16.2. The fourth-order valence-electron chi connectivity index (χ4n) is 2.17. The Balaban J connectivity index is 1.70. The summed E-state index contributed by atoms with van der Waals surface area (Å²) < 4.78 is 41.2. The van der Waals surface area contributed by atoms with Crippen LogP contribution in [0.15, 0.2) is 42.5 Å². The summed E-state index contributed by atoms with van der Waals surface area (Å²) in [4.78, 5) is 35.4. The Bertz CT molecular complexity index is 905. The molecule has 0 aliphatic heterocycles. The van der Waals surface area contributed by atoms with Crippen molar-refractivity contribution >= 4 is 23.5 Å². The zero-order chi connectivity index (χ0) is 22.1. The molecule has 10 heteroatoms. The lowest BCUT2D eigenvalue weighted by Crippen LogP contribution is -2.37. The third kappa shape index (κ3) is 7.04. The Hall–Kier alpha value is -3.69. The largest absolute Gasteiger partial charge is 0.497 e. The van der Waals surface area contributed by atoms with Crippen LogP contribution < -0.4 is 20.1 Å². The number of carbonyl (C=O) groups is 3. The van der Waals surface area contributed by atoms with Crippen molar-refractivity contribution < 1.29 is 37.4 Å². The van der Waals surface area contributed by atoms with E-state index in [9.17, 15) is 23.2 Å². The van der Waals surface area contributed by atoms with Crippen LogP contribution in [0.3, 0.4) is 0 Å². The summed E-state index contributed by atoms with van der Waals surface area (Å²) >= 11 is 0. The van der Waals surface area contributed by atoms with Crippen molar-refractivity contribution in [1.29, 1.82) is 0 Å². The highest BCUT2D eigenvalue weighted by atomic mass is 19.2. The molecule has 160 valence electrons. The van der Waals surface area contributed by atoms with Gasteiger partial charge < -0.3 is 24.8 Å². The standard InChI is InChI=1S/C20H20F2N2O6/c1-12(30-15-6-4-14(28-2)5-7-15)20(27)29-11-19(26)23-10-18(25)24-13-3-8-16(21)17(22)9-13/h3-9,12H,10-11H2,1-2H3,(H,23,26)(H,24,25). The van der Waals surface area contributed by atoms with Gasteiger partial charge in [-0.05, 0) is 43.3 Å². The smallest absolute Gasteiger partial charge is 0.347 e. The summed E-state index contributed by atoms with van der Waals surface area (Å²) in [5.41, 5.74) is 0.0316. The molecule has 8 nitrogen and oxygen atoms in total. The molecular formula is C20H20F2N2O6. The normalized spacial score (nSPS) is 11.2. The predicted octanol–water partition coefficient (Wildman–Crippen LogP) is 2.04. The Morgan fingerprint density at radius 3 is 2.27 bits per heavy atom. The van der Waals surface area contributed by atoms with Crippen LogP contribution >= 0.6 is 0 Å². The maximum atomic E-state index is 13.1. The number of hydrogen-bond donors (Lipinski definition) is 2. The molecular weight excluding hydrogens is 402 g/mol. The molecule has 0 aliphatic carbocycles. The van der Waals surface area contributed by atoms with E-state index in [2.05, 4.69) is 10.6 Å². The van der Waals surface area contributed by atoms with Crippen LogP contribution in [0.1, 0.15) is 6.92 Å². The molecule has 0 aliphatic rings. The maximum absolute atomic E-state index is 13.1. The number of ether oxygens (including phenoxy) is 3. The van der Waals surface area contributed by atoms with Crippen molar-refractivity contribution in [2.24, 2.45) is 0 Å². The number of hydrogen-bond acceptors (Lipinski definition) is 6. The first kappa shape index (κ1) is 22.6. The van der Waals surface area contributed by atoms with Crippen LogP contribution in [-0.2, 0) is 19.1 Å². The topological polar surface area (TPSA) is 103 Å². The lowest BCUT2D eigenvalue weighted by Gasteiger charge is -2.14. The number of methoxy groups -OCH3 is 1. The highest BCUT2D eigenvalue weighted by Crippen LogP contribution is 2.18. The molecule has 0 fully saturated rings. The quantitative estimate of drug-likeness (QED) is 0.600. The molecule has 2 amide bonds. The van der Waals surface area contributed by atoms with Crippen LogP contribution in [-0.4, -0.2) is 44.1 Å². The lowest BCUT2D eigenvalue weighted by atomic mass is 10.3. The van der Waals surface area contributed by atoms with Crippen molar-refractivity contribution in [3.8, 4) is 11.5 Å². The van der Waals surface area contributed by atoms with Gasteiger partial charge in [0.25, 0.3) is 5.91 Å². The van der Waals surface area contributed by atoms with Gasteiger partial charge in [-0.3, -0.25) is 9.59 Å². The molecule has 0 aromatic heterocycles. The molecule has 0 heterocycles. The van der Waals surface area contributed by atoms with Gasteiger partial charge >= 0.3 is 5.97 Å². The molecule has 0 saturated carbocycles. The van der Waals surface area contributed by atoms with Crippen molar-refractivity contribution in [2.45, 2.75) is 13.0 Å². The average molecular weight is 422 g/mol. The third-order valence-electron chi connectivity index (χ3n) is 3.70. The second-order valence-electron chi connectivity index (χ2n) is 6.00. The number of carbonyl (C=O) groups excluding carboxylic acids is 3. The average Bonchev–Trinajstić information content (AvgIpc) is 2.73. The van der Waals surface area contributed by atoms with Gasteiger partial charge in [0.1, 0.15) is 11.5 Å². The molecule has 2 N–H and O–H groups in total. The second kappa shape index (κ2) is 10.7. The number of rotatable bonds is 9. The summed E-state index contributed by atoms with van der Waals surface area (Å²) in [6.07, 6.45) is -0.970. The first-order chi connectivity index (χ1) is 14.3. The highest BCUT2D eigenvalue weighted by Gasteiger charge is 2.18. The highest BCUT2D eigenvalue weighted by molar-refractivity contribution is 5.94. The van der Waals surface area contributed by atoms with Gasteiger partial charge in [-0.25, -0.2) is 13.6 Å². The van der Waals surface area contributed by atoms with Gasteiger partial charge in [0.15, 0.2) is 24.3 Å². The molecule has 0 saturated heterocycles.